The van der Waals surface area contributed by atoms with Crippen LogP contribution in [0.15, 0.2) is 71.6 Å². The number of sulfonamides is 1. The van der Waals surface area contributed by atoms with E-state index in [9.17, 15) is 18.0 Å². The summed E-state index contributed by atoms with van der Waals surface area (Å²) in [7, 11) is -3.68. The fourth-order valence-corrected chi connectivity index (χ4v) is 6.55. The molecule has 0 atom stereocenters. The third kappa shape index (κ3) is 5.73. The van der Waals surface area contributed by atoms with Crippen molar-refractivity contribution in [2.45, 2.75) is 18.2 Å². The van der Waals surface area contributed by atoms with Gasteiger partial charge in [-0.05, 0) is 73.5 Å². The maximum atomic E-state index is 13.4. The fourth-order valence-electron chi connectivity index (χ4n) is 4.89. The number of carbonyl (C=O) groups excluding carboxylic acids is 2. The number of carbonyl (C=O) groups is 2. The van der Waals surface area contributed by atoms with E-state index < -0.39 is 16.0 Å². The van der Waals surface area contributed by atoms with Crippen molar-refractivity contribution in [2.24, 2.45) is 0 Å². The summed E-state index contributed by atoms with van der Waals surface area (Å²) in [6.45, 7) is 4.27. The standard InChI is InChI=1S/C28H29ClN4O5S/c1-2-38-27(34)21-5-3-7-23(17-21)30-28(35)33-12-11-20-18-25(9-10-26(20)33)39(36,37)32-15-13-31(14-16-32)24-8-4-6-22(29)19-24/h3-10,17-19H,2,11-16H2,1H3,(H,30,35). The molecule has 204 valence electrons. The lowest BCUT2D eigenvalue weighted by Crippen LogP contribution is -2.48. The molecule has 3 aromatic rings. The summed E-state index contributed by atoms with van der Waals surface area (Å²) in [6.07, 6.45) is 0.539. The number of anilines is 3. The molecule has 39 heavy (non-hydrogen) atoms. The molecule has 1 fully saturated rings. The van der Waals surface area contributed by atoms with Crippen LogP contribution in [0, 0.1) is 0 Å². The summed E-state index contributed by atoms with van der Waals surface area (Å²) in [6, 6.07) is 18.7. The molecule has 0 radical (unpaired) electrons. The van der Waals surface area contributed by atoms with E-state index in [0.29, 0.717) is 61.1 Å². The molecule has 2 aliphatic rings. The lowest BCUT2D eigenvalue weighted by Gasteiger charge is -2.35. The highest BCUT2D eigenvalue weighted by Crippen LogP contribution is 2.32. The predicted molar refractivity (Wildman–Crippen MR) is 151 cm³/mol. The molecule has 0 unspecified atom stereocenters. The van der Waals surface area contributed by atoms with Crippen LogP contribution in [0.1, 0.15) is 22.8 Å². The van der Waals surface area contributed by atoms with Crippen molar-refractivity contribution in [3.05, 3.63) is 82.9 Å². The van der Waals surface area contributed by atoms with Gasteiger partial charge in [0, 0.05) is 54.8 Å². The van der Waals surface area contributed by atoms with Crippen LogP contribution in [0.3, 0.4) is 0 Å². The molecule has 0 spiro atoms. The van der Waals surface area contributed by atoms with E-state index in [2.05, 4.69) is 10.2 Å². The van der Waals surface area contributed by atoms with Crippen LogP contribution < -0.4 is 15.1 Å². The molecular weight excluding hydrogens is 540 g/mol. The Kier molecular flexibility index (Phi) is 7.79. The second-order valence-electron chi connectivity index (χ2n) is 9.29. The molecule has 2 amide bonds. The maximum absolute atomic E-state index is 13.4. The number of esters is 1. The zero-order chi connectivity index (χ0) is 27.6. The Balaban J connectivity index is 1.26. The first-order valence-electron chi connectivity index (χ1n) is 12.8. The highest BCUT2D eigenvalue weighted by molar-refractivity contribution is 7.89. The number of nitrogens with one attached hydrogen (secondary N) is 1. The SMILES string of the molecule is CCOC(=O)c1cccc(NC(=O)N2CCc3cc(S(=O)(=O)N4CCN(c5cccc(Cl)c5)CC4)ccc32)c1. The Morgan fingerprint density at radius 1 is 0.949 bits per heavy atom. The van der Waals surface area contributed by atoms with Gasteiger partial charge in [0.2, 0.25) is 10.0 Å². The lowest BCUT2D eigenvalue weighted by atomic mass is 10.2. The van der Waals surface area contributed by atoms with Crippen LogP contribution in [-0.2, 0) is 21.2 Å². The quantitative estimate of drug-likeness (QED) is 0.436. The second kappa shape index (κ2) is 11.3. The Labute approximate surface area is 233 Å². The number of nitrogens with zero attached hydrogens (tertiary/aromatic N) is 3. The molecular formula is C28H29ClN4O5S. The maximum Gasteiger partial charge on any atom is 0.338 e. The first kappa shape index (κ1) is 27.0. The van der Waals surface area contributed by atoms with Crippen molar-refractivity contribution in [1.29, 1.82) is 0 Å². The average molecular weight is 569 g/mol. The smallest absolute Gasteiger partial charge is 0.338 e. The second-order valence-corrected chi connectivity index (χ2v) is 11.7. The third-order valence-corrected chi connectivity index (χ3v) is 9.00. The molecule has 0 saturated carbocycles. The van der Waals surface area contributed by atoms with Gasteiger partial charge in [0.05, 0.1) is 17.1 Å². The lowest BCUT2D eigenvalue weighted by molar-refractivity contribution is 0.0526. The minimum absolute atomic E-state index is 0.224. The van der Waals surface area contributed by atoms with E-state index in [0.717, 1.165) is 11.3 Å². The van der Waals surface area contributed by atoms with E-state index in [1.807, 2.05) is 24.3 Å². The molecule has 11 heteroatoms. The number of ether oxygens (including phenoxy) is 1. The van der Waals surface area contributed by atoms with Gasteiger partial charge in [0.15, 0.2) is 0 Å². The number of piperazine rings is 1. The molecule has 5 rings (SSSR count). The van der Waals surface area contributed by atoms with Gasteiger partial charge in [-0.15, -0.1) is 0 Å². The van der Waals surface area contributed by atoms with Gasteiger partial charge in [-0.25, -0.2) is 18.0 Å². The summed E-state index contributed by atoms with van der Waals surface area (Å²) in [4.78, 5) is 29.0. The zero-order valence-corrected chi connectivity index (χ0v) is 23.0. The number of fused-ring (bicyclic) bond motifs is 1. The van der Waals surface area contributed by atoms with Crippen LogP contribution in [0.2, 0.25) is 5.02 Å². The van der Waals surface area contributed by atoms with Gasteiger partial charge in [-0.2, -0.15) is 4.31 Å². The summed E-state index contributed by atoms with van der Waals surface area (Å²) in [5, 5.41) is 3.47. The molecule has 1 N–H and O–H groups in total. The van der Waals surface area contributed by atoms with E-state index in [1.54, 1.807) is 54.3 Å². The Hall–Kier alpha value is -3.60. The van der Waals surface area contributed by atoms with Crippen molar-refractivity contribution in [3.63, 3.8) is 0 Å². The number of hydrogen-bond acceptors (Lipinski definition) is 6. The van der Waals surface area contributed by atoms with Crippen molar-refractivity contribution >= 4 is 50.7 Å². The van der Waals surface area contributed by atoms with Gasteiger partial charge in [0.25, 0.3) is 0 Å². The average Bonchev–Trinajstić information content (AvgIpc) is 3.37. The first-order valence-corrected chi connectivity index (χ1v) is 14.6. The van der Waals surface area contributed by atoms with Gasteiger partial charge >= 0.3 is 12.0 Å². The van der Waals surface area contributed by atoms with Gasteiger partial charge in [-0.3, -0.25) is 4.90 Å². The minimum Gasteiger partial charge on any atom is -0.462 e. The first-order chi connectivity index (χ1) is 18.8. The van der Waals surface area contributed by atoms with E-state index in [1.165, 1.54) is 4.31 Å². The molecule has 2 heterocycles. The summed E-state index contributed by atoms with van der Waals surface area (Å²) < 4.78 is 33.4. The van der Waals surface area contributed by atoms with Crippen LogP contribution in [0.25, 0.3) is 0 Å². The van der Waals surface area contributed by atoms with Crippen LogP contribution in [0.4, 0.5) is 21.9 Å². The van der Waals surface area contributed by atoms with Crippen molar-refractivity contribution in [1.82, 2.24) is 4.31 Å². The predicted octanol–water partition coefficient (Wildman–Crippen LogP) is 4.62. The van der Waals surface area contributed by atoms with Gasteiger partial charge in [0.1, 0.15) is 0 Å². The fraction of sp³-hybridized carbons (Fsp3) is 0.286. The monoisotopic (exact) mass is 568 g/mol. The molecule has 3 aromatic carbocycles. The molecule has 0 bridgehead atoms. The number of rotatable bonds is 6. The summed E-state index contributed by atoms with van der Waals surface area (Å²) in [5.41, 5.74) is 3.25. The van der Waals surface area contributed by atoms with Crippen LogP contribution >= 0.6 is 11.6 Å². The van der Waals surface area contributed by atoms with Gasteiger partial charge in [-0.1, -0.05) is 23.7 Å². The number of hydrogen-bond donors (Lipinski definition) is 1. The summed E-state index contributed by atoms with van der Waals surface area (Å²) >= 11 is 6.11. The van der Waals surface area contributed by atoms with Gasteiger partial charge < -0.3 is 15.0 Å². The number of urea groups is 1. The normalized spacial score (nSPS) is 15.6. The molecule has 2 aliphatic heterocycles. The highest BCUT2D eigenvalue weighted by atomic mass is 35.5. The highest BCUT2D eigenvalue weighted by Gasteiger charge is 2.31. The largest absolute Gasteiger partial charge is 0.462 e. The Morgan fingerprint density at radius 3 is 2.46 bits per heavy atom. The summed E-state index contributed by atoms with van der Waals surface area (Å²) in [5.74, 6) is -0.459. The zero-order valence-electron chi connectivity index (χ0n) is 21.5. The van der Waals surface area contributed by atoms with E-state index in [4.69, 9.17) is 16.3 Å². The number of amides is 2. The molecule has 9 nitrogen and oxygen atoms in total. The Morgan fingerprint density at radius 2 is 1.72 bits per heavy atom. The number of halogens is 1. The van der Waals surface area contributed by atoms with Crippen LogP contribution in [0.5, 0.6) is 0 Å². The molecule has 0 aromatic heterocycles. The third-order valence-electron chi connectivity index (χ3n) is 6.87. The van der Waals surface area contributed by atoms with Crippen molar-refractivity contribution in [3.8, 4) is 0 Å². The van der Waals surface area contributed by atoms with E-state index in [-0.39, 0.29) is 17.5 Å². The van der Waals surface area contributed by atoms with E-state index >= 15 is 0 Å². The molecule has 0 aliphatic carbocycles. The topological polar surface area (TPSA) is 99.3 Å². The Bertz CT molecular complexity index is 1510. The number of benzene rings is 3. The van der Waals surface area contributed by atoms with Crippen LogP contribution in [-0.4, -0.2) is 64.1 Å². The van der Waals surface area contributed by atoms with Crippen molar-refractivity contribution < 1.29 is 22.7 Å². The van der Waals surface area contributed by atoms with Crippen molar-refractivity contribution in [2.75, 3.05) is 54.4 Å². The molecule has 1 saturated heterocycles. The minimum atomic E-state index is -3.68.